The van der Waals surface area contributed by atoms with Crippen molar-refractivity contribution >= 4 is 0 Å². The van der Waals surface area contributed by atoms with Crippen molar-refractivity contribution in [3.63, 3.8) is 0 Å². The van der Waals surface area contributed by atoms with Crippen LogP contribution in [0.5, 0.6) is 0 Å². The number of hydrogen-bond donors (Lipinski definition) is 1. The molecule has 0 saturated heterocycles. The van der Waals surface area contributed by atoms with E-state index < -0.39 is 5.97 Å². The van der Waals surface area contributed by atoms with Gasteiger partial charge in [0.1, 0.15) is 6.54 Å². The Morgan fingerprint density at radius 3 is 2.00 bits per heavy atom. The van der Waals surface area contributed by atoms with E-state index in [0.29, 0.717) is 0 Å². The largest absolute Gasteiger partial charge is 0.329 e. The first-order chi connectivity index (χ1) is 5.24. The van der Waals surface area contributed by atoms with Crippen LogP contribution in [0.2, 0.25) is 0 Å². The Kier molecular flexibility index (Phi) is 4.54. The van der Waals surface area contributed by atoms with Gasteiger partial charge in [-0.1, -0.05) is 0 Å². The Labute approximate surface area is 65.8 Å². The topological polar surface area (TPSA) is 63.5 Å². The molecule has 0 bridgehead atoms. The van der Waals surface area contributed by atoms with Crippen molar-refractivity contribution < 1.29 is 14.2 Å². The van der Waals surface area contributed by atoms with Gasteiger partial charge in [-0.3, -0.25) is 0 Å². The standard InChI is InChI=1S/C6H12N2O3/c1-9-6(10-2,11-3)4-8-5-7/h8H,4H2,1-3H3. The van der Waals surface area contributed by atoms with Gasteiger partial charge in [0.05, 0.1) is 0 Å². The van der Waals surface area contributed by atoms with Crippen molar-refractivity contribution in [2.24, 2.45) is 0 Å². The number of ether oxygens (including phenoxy) is 3. The van der Waals surface area contributed by atoms with E-state index in [1.54, 1.807) is 6.19 Å². The van der Waals surface area contributed by atoms with Gasteiger partial charge in [-0.15, -0.1) is 0 Å². The number of methoxy groups -OCH3 is 3. The predicted octanol–water partition coefficient (Wildman–Crippen LogP) is -0.350. The van der Waals surface area contributed by atoms with Gasteiger partial charge in [0.15, 0.2) is 6.19 Å². The number of nitrogens with zero attached hydrogens (tertiary/aromatic N) is 1. The van der Waals surface area contributed by atoms with Gasteiger partial charge in [0, 0.05) is 21.3 Å². The molecule has 0 aliphatic carbocycles. The maximum Gasteiger partial charge on any atom is 0.301 e. The van der Waals surface area contributed by atoms with Crippen LogP contribution in [0.15, 0.2) is 0 Å². The maximum atomic E-state index is 8.19. The summed E-state index contributed by atoms with van der Waals surface area (Å²) in [5.41, 5.74) is 0. The van der Waals surface area contributed by atoms with E-state index >= 15 is 0 Å². The second-order valence-electron chi connectivity index (χ2n) is 1.76. The lowest BCUT2D eigenvalue weighted by molar-refractivity contribution is -0.346. The molecule has 5 heteroatoms. The molecule has 0 aromatic rings. The van der Waals surface area contributed by atoms with Crippen molar-refractivity contribution in [2.45, 2.75) is 5.97 Å². The highest BCUT2D eigenvalue weighted by Gasteiger charge is 2.28. The Balaban J connectivity index is 3.96. The second kappa shape index (κ2) is 4.91. The highest BCUT2D eigenvalue weighted by Crippen LogP contribution is 2.09. The number of nitriles is 1. The normalized spacial score (nSPS) is 10.7. The lowest BCUT2D eigenvalue weighted by atomic mass is 10.5. The molecule has 0 rings (SSSR count). The third-order valence-corrected chi connectivity index (χ3v) is 1.32. The molecule has 0 radical (unpaired) electrons. The average molecular weight is 160 g/mol. The molecule has 11 heavy (non-hydrogen) atoms. The fraction of sp³-hybridized carbons (Fsp3) is 0.833. The molecule has 0 aromatic carbocycles. The first kappa shape index (κ1) is 10.2. The predicted molar refractivity (Wildman–Crippen MR) is 37.4 cm³/mol. The zero-order valence-electron chi connectivity index (χ0n) is 6.88. The molecular weight excluding hydrogens is 148 g/mol. The third kappa shape index (κ3) is 2.72. The van der Waals surface area contributed by atoms with Crippen molar-refractivity contribution in [1.82, 2.24) is 5.32 Å². The molecule has 0 spiro atoms. The quantitative estimate of drug-likeness (QED) is 0.338. The minimum atomic E-state index is -1.16. The molecule has 0 unspecified atom stereocenters. The Morgan fingerprint density at radius 1 is 1.27 bits per heavy atom. The summed E-state index contributed by atoms with van der Waals surface area (Å²) < 4.78 is 14.6. The van der Waals surface area contributed by atoms with Crippen molar-refractivity contribution in [2.75, 3.05) is 27.9 Å². The van der Waals surface area contributed by atoms with Gasteiger partial charge in [-0.2, -0.15) is 5.26 Å². The SMILES string of the molecule is COC(CNC#N)(OC)OC. The van der Waals surface area contributed by atoms with Crippen LogP contribution in [0.1, 0.15) is 0 Å². The molecule has 0 atom stereocenters. The van der Waals surface area contributed by atoms with E-state index in [0.717, 1.165) is 0 Å². The average Bonchev–Trinajstić information content (AvgIpc) is 2.08. The summed E-state index contributed by atoms with van der Waals surface area (Å²) in [5, 5.41) is 10.6. The maximum absolute atomic E-state index is 8.19. The lowest BCUT2D eigenvalue weighted by Crippen LogP contribution is -2.44. The van der Waals surface area contributed by atoms with Crippen LogP contribution in [0.4, 0.5) is 0 Å². The van der Waals surface area contributed by atoms with E-state index in [-0.39, 0.29) is 6.54 Å². The van der Waals surface area contributed by atoms with Crippen LogP contribution in [-0.4, -0.2) is 33.8 Å². The van der Waals surface area contributed by atoms with Crippen LogP contribution >= 0.6 is 0 Å². The second-order valence-corrected chi connectivity index (χ2v) is 1.76. The molecule has 5 nitrogen and oxygen atoms in total. The monoisotopic (exact) mass is 160 g/mol. The molecular formula is C6H12N2O3. The summed E-state index contributed by atoms with van der Waals surface area (Å²) in [6, 6.07) is 0. The summed E-state index contributed by atoms with van der Waals surface area (Å²) in [6.45, 7) is 0.160. The summed E-state index contributed by atoms with van der Waals surface area (Å²) in [6.07, 6.45) is 1.74. The van der Waals surface area contributed by atoms with Crippen molar-refractivity contribution in [3.05, 3.63) is 0 Å². The van der Waals surface area contributed by atoms with Crippen LogP contribution in [-0.2, 0) is 14.2 Å². The third-order valence-electron chi connectivity index (χ3n) is 1.32. The van der Waals surface area contributed by atoms with Crippen LogP contribution in [0, 0.1) is 11.5 Å². The van der Waals surface area contributed by atoms with Crippen molar-refractivity contribution in [1.29, 1.82) is 5.26 Å². The Hall–Kier alpha value is -0.830. The van der Waals surface area contributed by atoms with Gasteiger partial charge >= 0.3 is 5.97 Å². The number of nitrogens with one attached hydrogen (secondary N) is 1. The fourth-order valence-electron chi connectivity index (χ4n) is 0.614. The Bertz CT molecular complexity index is 131. The van der Waals surface area contributed by atoms with Crippen LogP contribution in [0.25, 0.3) is 0 Å². The summed E-state index contributed by atoms with van der Waals surface area (Å²) in [5.74, 6) is -1.16. The minimum Gasteiger partial charge on any atom is -0.329 e. The van der Waals surface area contributed by atoms with E-state index in [1.165, 1.54) is 21.3 Å². The lowest BCUT2D eigenvalue weighted by Gasteiger charge is -2.27. The summed E-state index contributed by atoms with van der Waals surface area (Å²) >= 11 is 0. The molecule has 0 aromatic heterocycles. The smallest absolute Gasteiger partial charge is 0.301 e. The molecule has 0 fully saturated rings. The van der Waals surface area contributed by atoms with Gasteiger partial charge in [0.2, 0.25) is 0 Å². The molecule has 0 amide bonds. The molecule has 0 saturated carbocycles. The van der Waals surface area contributed by atoms with Crippen LogP contribution in [0.3, 0.4) is 0 Å². The number of hydrogen-bond acceptors (Lipinski definition) is 5. The molecule has 0 heterocycles. The highest BCUT2D eigenvalue weighted by molar-refractivity contribution is 4.70. The van der Waals surface area contributed by atoms with Gasteiger partial charge in [0.25, 0.3) is 0 Å². The van der Waals surface area contributed by atoms with Gasteiger partial charge in [-0.25, -0.2) is 0 Å². The molecule has 1 N–H and O–H groups in total. The first-order valence-electron chi connectivity index (χ1n) is 3.02. The summed E-state index contributed by atoms with van der Waals surface area (Å²) in [7, 11) is 4.31. The fourth-order valence-corrected chi connectivity index (χ4v) is 0.614. The zero-order valence-corrected chi connectivity index (χ0v) is 6.88. The molecule has 64 valence electrons. The van der Waals surface area contributed by atoms with E-state index in [4.69, 9.17) is 19.5 Å². The summed E-state index contributed by atoms with van der Waals surface area (Å²) in [4.78, 5) is 0. The van der Waals surface area contributed by atoms with Crippen LogP contribution < -0.4 is 5.32 Å². The molecule has 0 aliphatic heterocycles. The first-order valence-corrected chi connectivity index (χ1v) is 3.02. The zero-order chi connectivity index (χ0) is 8.74. The van der Waals surface area contributed by atoms with E-state index in [9.17, 15) is 0 Å². The highest BCUT2D eigenvalue weighted by atomic mass is 16.9. The minimum absolute atomic E-state index is 0.160. The van der Waals surface area contributed by atoms with E-state index in [1.807, 2.05) is 0 Å². The number of rotatable bonds is 5. The molecule has 0 aliphatic rings. The van der Waals surface area contributed by atoms with Crippen molar-refractivity contribution in [3.8, 4) is 6.19 Å². The van der Waals surface area contributed by atoms with Gasteiger partial charge in [-0.05, 0) is 0 Å². The van der Waals surface area contributed by atoms with E-state index in [2.05, 4.69) is 5.32 Å². The Morgan fingerprint density at radius 2 is 1.73 bits per heavy atom. The van der Waals surface area contributed by atoms with Gasteiger partial charge < -0.3 is 19.5 Å².